The van der Waals surface area contributed by atoms with Crippen LogP contribution in [0.5, 0.6) is 0 Å². The first-order valence-electron chi connectivity index (χ1n) is 8.94. The van der Waals surface area contributed by atoms with Crippen molar-refractivity contribution < 1.29 is 14.3 Å². The number of halogens is 1. The maximum atomic E-state index is 12.5. The molecule has 0 radical (unpaired) electrons. The number of anilines is 1. The van der Waals surface area contributed by atoms with E-state index in [4.69, 9.17) is 16.3 Å². The quantitative estimate of drug-likeness (QED) is 0.835. The number of alkyl carbamates (subject to hydrolysis) is 1. The minimum Gasteiger partial charge on any atom is -0.444 e. The van der Waals surface area contributed by atoms with Gasteiger partial charge in [0.1, 0.15) is 5.60 Å². The Morgan fingerprint density at radius 2 is 1.85 bits per heavy atom. The molecule has 1 atom stereocenters. The minimum absolute atomic E-state index is 0.0694. The number of nitrogens with one attached hydrogen (secondary N) is 2. The number of rotatable bonds is 4. The van der Waals surface area contributed by atoms with Crippen LogP contribution in [0.1, 0.15) is 40.5 Å². The summed E-state index contributed by atoms with van der Waals surface area (Å²) >= 11 is 6.09. The number of amides is 2. The van der Waals surface area contributed by atoms with E-state index in [9.17, 15) is 9.59 Å². The topological polar surface area (TPSA) is 70.7 Å². The molecule has 1 heterocycles. The van der Waals surface area contributed by atoms with Crippen molar-refractivity contribution >= 4 is 29.3 Å². The van der Waals surface area contributed by atoms with Crippen LogP contribution >= 0.6 is 11.6 Å². The number of hydrogen-bond acceptors (Lipinski definition) is 4. The van der Waals surface area contributed by atoms with Gasteiger partial charge in [0.25, 0.3) is 0 Å². The molecule has 1 aromatic carbocycles. The van der Waals surface area contributed by atoms with E-state index in [0.717, 1.165) is 25.9 Å². The van der Waals surface area contributed by atoms with Gasteiger partial charge in [-0.2, -0.15) is 0 Å². The van der Waals surface area contributed by atoms with Crippen LogP contribution in [0.4, 0.5) is 10.5 Å². The molecule has 0 aromatic heterocycles. The van der Waals surface area contributed by atoms with Crippen molar-refractivity contribution in [1.82, 2.24) is 10.2 Å². The fourth-order valence-corrected chi connectivity index (χ4v) is 3.05. The average molecular weight is 382 g/mol. The monoisotopic (exact) mass is 381 g/mol. The number of para-hydroxylation sites is 1. The van der Waals surface area contributed by atoms with Crippen molar-refractivity contribution in [2.24, 2.45) is 0 Å². The van der Waals surface area contributed by atoms with Gasteiger partial charge in [-0.1, -0.05) is 23.7 Å². The second-order valence-electron chi connectivity index (χ2n) is 7.60. The third kappa shape index (κ3) is 6.18. The van der Waals surface area contributed by atoms with Crippen LogP contribution in [0.3, 0.4) is 0 Å². The smallest absolute Gasteiger partial charge is 0.407 e. The van der Waals surface area contributed by atoms with E-state index in [-0.39, 0.29) is 24.1 Å². The Kier molecular flexibility index (Phi) is 6.89. The standard InChI is InChI=1S/C19H28ClN3O3/c1-13(17(24)22-16-8-6-5-7-15(16)20)23-11-9-14(10-12-23)21-18(25)26-19(2,3)4/h5-8,13-14H,9-12H2,1-4H3,(H,21,25)(H,22,24)/t13-/m0/s1. The van der Waals surface area contributed by atoms with Crippen LogP contribution in [-0.2, 0) is 9.53 Å². The lowest BCUT2D eigenvalue weighted by molar-refractivity contribution is -0.121. The van der Waals surface area contributed by atoms with Gasteiger partial charge in [0.05, 0.1) is 16.8 Å². The van der Waals surface area contributed by atoms with E-state index < -0.39 is 5.60 Å². The Labute approximate surface area is 160 Å². The van der Waals surface area contributed by atoms with Crippen molar-refractivity contribution in [3.63, 3.8) is 0 Å². The molecule has 1 aliphatic heterocycles. The second kappa shape index (κ2) is 8.73. The molecule has 6 nitrogen and oxygen atoms in total. The van der Waals surface area contributed by atoms with Gasteiger partial charge in [0.15, 0.2) is 0 Å². The van der Waals surface area contributed by atoms with Gasteiger partial charge >= 0.3 is 6.09 Å². The van der Waals surface area contributed by atoms with Gasteiger partial charge in [-0.25, -0.2) is 4.79 Å². The summed E-state index contributed by atoms with van der Waals surface area (Å²) < 4.78 is 5.29. The molecule has 0 aliphatic carbocycles. The van der Waals surface area contributed by atoms with Gasteiger partial charge in [0, 0.05) is 19.1 Å². The molecule has 0 bridgehead atoms. The van der Waals surface area contributed by atoms with Crippen molar-refractivity contribution in [1.29, 1.82) is 0 Å². The largest absolute Gasteiger partial charge is 0.444 e. The summed E-state index contributed by atoms with van der Waals surface area (Å²) in [6, 6.07) is 6.98. The van der Waals surface area contributed by atoms with Crippen LogP contribution in [0.15, 0.2) is 24.3 Å². The van der Waals surface area contributed by atoms with Crippen LogP contribution in [0.25, 0.3) is 0 Å². The van der Waals surface area contributed by atoms with Crippen molar-refractivity contribution in [3.05, 3.63) is 29.3 Å². The zero-order valence-electron chi connectivity index (χ0n) is 15.8. The molecule has 2 rings (SSSR count). The number of carbonyl (C=O) groups excluding carboxylic acids is 2. The highest BCUT2D eigenvalue weighted by Crippen LogP contribution is 2.21. The summed E-state index contributed by atoms with van der Waals surface area (Å²) in [5.41, 5.74) is 0.114. The Hall–Kier alpha value is -1.79. The summed E-state index contributed by atoms with van der Waals surface area (Å²) in [5.74, 6) is -0.0864. The van der Waals surface area contributed by atoms with Crippen LogP contribution < -0.4 is 10.6 Å². The van der Waals surface area contributed by atoms with Gasteiger partial charge in [0.2, 0.25) is 5.91 Å². The first-order chi connectivity index (χ1) is 12.2. The van der Waals surface area contributed by atoms with Gasteiger partial charge in [-0.3, -0.25) is 9.69 Å². The van der Waals surface area contributed by atoms with E-state index in [2.05, 4.69) is 15.5 Å². The van der Waals surface area contributed by atoms with Crippen molar-refractivity contribution in [3.8, 4) is 0 Å². The average Bonchev–Trinajstić information content (AvgIpc) is 2.55. The number of carbonyl (C=O) groups is 2. The molecule has 7 heteroatoms. The molecule has 1 fully saturated rings. The highest BCUT2D eigenvalue weighted by atomic mass is 35.5. The molecule has 26 heavy (non-hydrogen) atoms. The summed E-state index contributed by atoms with van der Waals surface area (Å²) in [6.07, 6.45) is 1.17. The lowest BCUT2D eigenvalue weighted by atomic mass is 10.0. The predicted molar refractivity (Wildman–Crippen MR) is 104 cm³/mol. The second-order valence-corrected chi connectivity index (χ2v) is 8.01. The highest BCUT2D eigenvalue weighted by molar-refractivity contribution is 6.33. The van der Waals surface area contributed by atoms with E-state index in [1.807, 2.05) is 39.8 Å². The van der Waals surface area contributed by atoms with Crippen molar-refractivity contribution in [2.75, 3.05) is 18.4 Å². The molecule has 1 aromatic rings. The lowest BCUT2D eigenvalue weighted by Gasteiger charge is -2.35. The molecule has 0 unspecified atom stereocenters. The fraction of sp³-hybridized carbons (Fsp3) is 0.579. The molecule has 144 valence electrons. The molecular weight excluding hydrogens is 354 g/mol. The Bertz CT molecular complexity index is 637. The number of nitrogens with zero attached hydrogens (tertiary/aromatic N) is 1. The zero-order valence-corrected chi connectivity index (χ0v) is 16.6. The maximum absolute atomic E-state index is 12.5. The van der Waals surface area contributed by atoms with Gasteiger partial charge in [-0.15, -0.1) is 0 Å². The molecule has 1 aliphatic rings. The summed E-state index contributed by atoms with van der Waals surface area (Å²) in [5, 5.41) is 6.30. The van der Waals surface area contributed by atoms with Crippen LogP contribution in [0, 0.1) is 0 Å². The number of likely N-dealkylation sites (tertiary alicyclic amines) is 1. The van der Waals surface area contributed by atoms with E-state index >= 15 is 0 Å². The number of hydrogen-bond donors (Lipinski definition) is 2. The molecule has 2 N–H and O–H groups in total. The first kappa shape index (κ1) is 20.5. The minimum atomic E-state index is -0.504. The Balaban J connectivity index is 1.80. The van der Waals surface area contributed by atoms with Crippen LogP contribution in [-0.4, -0.2) is 47.7 Å². The van der Waals surface area contributed by atoms with E-state index in [1.54, 1.807) is 12.1 Å². The summed E-state index contributed by atoms with van der Waals surface area (Å²) in [6.45, 7) is 8.88. The van der Waals surface area contributed by atoms with Crippen molar-refractivity contribution in [2.45, 2.75) is 58.2 Å². The Morgan fingerprint density at radius 1 is 1.23 bits per heavy atom. The van der Waals surface area contributed by atoms with E-state index in [1.165, 1.54) is 0 Å². The zero-order chi connectivity index (χ0) is 19.3. The molecule has 0 saturated carbocycles. The molecule has 0 spiro atoms. The Morgan fingerprint density at radius 3 is 2.42 bits per heavy atom. The van der Waals surface area contributed by atoms with Gasteiger partial charge < -0.3 is 15.4 Å². The molecular formula is C19H28ClN3O3. The number of benzene rings is 1. The normalized spacial score (nSPS) is 17.4. The van der Waals surface area contributed by atoms with Crippen LogP contribution in [0.2, 0.25) is 5.02 Å². The number of ether oxygens (including phenoxy) is 1. The third-order valence-corrected chi connectivity index (χ3v) is 4.64. The van der Waals surface area contributed by atoms with Gasteiger partial charge in [-0.05, 0) is 52.7 Å². The van der Waals surface area contributed by atoms with E-state index in [0.29, 0.717) is 10.7 Å². The molecule has 2 amide bonds. The SMILES string of the molecule is C[C@@H](C(=O)Nc1ccccc1Cl)N1CCC(NC(=O)OC(C)(C)C)CC1. The first-order valence-corrected chi connectivity index (χ1v) is 9.32. The summed E-state index contributed by atoms with van der Waals surface area (Å²) in [4.78, 5) is 26.5. The predicted octanol–water partition coefficient (Wildman–Crippen LogP) is 3.66. The lowest BCUT2D eigenvalue weighted by Crippen LogP contribution is -2.51. The fourth-order valence-electron chi connectivity index (χ4n) is 2.87. The highest BCUT2D eigenvalue weighted by Gasteiger charge is 2.28. The summed E-state index contributed by atoms with van der Waals surface area (Å²) in [7, 11) is 0. The maximum Gasteiger partial charge on any atom is 0.407 e. The number of piperidine rings is 1. The third-order valence-electron chi connectivity index (χ3n) is 4.31. The molecule has 1 saturated heterocycles.